The van der Waals surface area contributed by atoms with Crippen LogP contribution >= 0.6 is 0 Å². The van der Waals surface area contributed by atoms with Gasteiger partial charge in [-0.2, -0.15) is 0 Å². The number of hydrogen-bond donors (Lipinski definition) is 1. The van der Waals surface area contributed by atoms with Crippen LogP contribution in [0.3, 0.4) is 0 Å². The van der Waals surface area contributed by atoms with Gasteiger partial charge in [0.05, 0.1) is 17.6 Å². The molecule has 0 radical (unpaired) electrons. The Balaban J connectivity index is 1.32. The fourth-order valence-electron chi connectivity index (χ4n) is 4.86. The SMILES string of the molecule is O=C1CCn2c(nc3ccc(-c4cnc5c(c4)N(C(=O)OC4CCCCC4)CCO5)cc32)N1. The van der Waals surface area contributed by atoms with E-state index in [0.717, 1.165) is 47.8 Å². The molecule has 170 valence electrons. The average molecular weight is 447 g/mol. The summed E-state index contributed by atoms with van der Waals surface area (Å²) in [4.78, 5) is 35.3. The third-order valence-corrected chi connectivity index (χ3v) is 6.61. The minimum absolute atomic E-state index is 0.00960. The Morgan fingerprint density at radius 1 is 1.12 bits per heavy atom. The number of ether oxygens (including phenoxy) is 2. The Kier molecular flexibility index (Phi) is 4.89. The van der Waals surface area contributed by atoms with Gasteiger partial charge in [-0.3, -0.25) is 15.0 Å². The molecule has 1 fully saturated rings. The molecule has 1 aromatic carbocycles. The van der Waals surface area contributed by atoms with Crippen molar-refractivity contribution in [2.24, 2.45) is 0 Å². The molecule has 0 unspecified atom stereocenters. The second-order valence-electron chi connectivity index (χ2n) is 8.78. The predicted octanol–water partition coefficient (Wildman–Crippen LogP) is 4.11. The number of hydrogen-bond acceptors (Lipinski definition) is 6. The highest BCUT2D eigenvalue weighted by Gasteiger charge is 2.29. The molecule has 0 atom stereocenters. The molecule has 2 amide bonds. The number of aryl methyl sites for hydroxylation is 1. The van der Waals surface area contributed by atoms with Crippen molar-refractivity contribution in [1.29, 1.82) is 0 Å². The van der Waals surface area contributed by atoms with E-state index in [-0.39, 0.29) is 18.1 Å². The normalized spacial score (nSPS) is 18.3. The highest BCUT2D eigenvalue weighted by atomic mass is 16.6. The van der Waals surface area contributed by atoms with E-state index in [4.69, 9.17) is 9.47 Å². The van der Waals surface area contributed by atoms with Crippen LogP contribution < -0.4 is 15.0 Å². The molecule has 6 rings (SSSR count). The second-order valence-corrected chi connectivity index (χ2v) is 8.78. The zero-order chi connectivity index (χ0) is 22.4. The molecule has 33 heavy (non-hydrogen) atoms. The smallest absolute Gasteiger partial charge is 0.414 e. The number of anilines is 2. The first kappa shape index (κ1) is 20.0. The van der Waals surface area contributed by atoms with E-state index in [1.807, 2.05) is 28.8 Å². The summed E-state index contributed by atoms with van der Waals surface area (Å²) >= 11 is 0. The molecule has 1 N–H and O–H groups in total. The lowest BCUT2D eigenvalue weighted by Crippen LogP contribution is -2.40. The van der Waals surface area contributed by atoms with Crippen molar-refractivity contribution in [2.75, 3.05) is 23.4 Å². The van der Waals surface area contributed by atoms with Crippen LogP contribution in [0.25, 0.3) is 22.2 Å². The van der Waals surface area contributed by atoms with E-state index >= 15 is 0 Å². The molecule has 3 aliphatic rings. The number of carbonyl (C=O) groups excluding carboxylic acids is 2. The van der Waals surface area contributed by atoms with Crippen molar-refractivity contribution in [3.63, 3.8) is 0 Å². The highest BCUT2D eigenvalue weighted by Crippen LogP contribution is 2.36. The van der Waals surface area contributed by atoms with E-state index in [1.54, 1.807) is 11.1 Å². The number of imidazole rings is 1. The van der Waals surface area contributed by atoms with E-state index < -0.39 is 0 Å². The third-order valence-electron chi connectivity index (χ3n) is 6.61. The van der Waals surface area contributed by atoms with Crippen LogP contribution in [-0.4, -0.2) is 45.8 Å². The Hall–Kier alpha value is -3.62. The molecule has 0 saturated heterocycles. The highest BCUT2D eigenvalue weighted by molar-refractivity contribution is 5.95. The van der Waals surface area contributed by atoms with Crippen molar-refractivity contribution in [1.82, 2.24) is 14.5 Å². The van der Waals surface area contributed by atoms with Crippen molar-refractivity contribution < 1.29 is 19.1 Å². The summed E-state index contributed by atoms with van der Waals surface area (Å²) in [7, 11) is 0. The second kappa shape index (κ2) is 8.06. The van der Waals surface area contributed by atoms with Gasteiger partial charge in [-0.25, -0.2) is 14.8 Å². The zero-order valence-electron chi connectivity index (χ0n) is 18.2. The van der Waals surface area contributed by atoms with E-state index in [9.17, 15) is 9.59 Å². The lowest BCUT2D eigenvalue weighted by atomic mass is 9.98. The monoisotopic (exact) mass is 447 g/mol. The van der Waals surface area contributed by atoms with Crippen molar-refractivity contribution in [3.05, 3.63) is 30.5 Å². The number of amides is 2. The van der Waals surface area contributed by atoms with Gasteiger partial charge in [-0.15, -0.1) is 0 Å². The van der Waals surface area contributed by atoms with Crippen molar-refractivity contribution in [3.8, 4) is 17.0 Å². The molecule has 3 aromatic rings. The first-order valence-corrected chi connectivity index (χ1v) is 11.6. The minimum atomic E-state index is -0.332. The lowest BCUT2D eigenvalue weighted by Gasteiger charge is -2.31. The van der Waals surface area contributed by atoms with E-state index in [2.05, 4.69) is 15.3 Å². The minimum Gasteiger partial charge on any atom is -0.474 e. The molecule has 4 heterocycles. The van der Waals surface area contributed by atoms with Crippen LogP contribution in [0.4, 0.5) is 16.4 Å². The number of nitrogens with one attached hydrogen (secondary N) is 1. The number of aromatic nitrogens is 3. The molecular formula is C24H25N5O4. The molecule has 2 aromatic heterocycles. The summed E-state index contributed by atoms with van der Waals surface area (Å²) < 4.78 is 13.5. The summed E-state index contributed by atoms with van der Waals surface area (Å²) in [6.45, 7) is 1.41. The standard InChI is InChI=1S/C24H25N5O4/c30-21-8-9-28-19-12-15(6-7-18(19)26-23(28)27-21)16-13-20-22(25-14-16)32-11-10-29(20)24(31)33-17-4-2-1-3-5-17/h6-7,12-14,17H,1-5,8-11H2,(H,26,27,30). The van der Waals surface area contributed by atoms with Gasteiger partial charge < -0.3 is 14.0 Å². The fourth-order valence-corrected chi connectivity index (χ4v) is 4.86. The number of rotatable bonds is 2. The molecule has 9 heteroatoms. The van der Waals surface area contributed by atoms with Crippen LogP contribution in [0, 0.1) is 0 Å². The zero-order valence-corrected chi connectivity index (χ0v) is 18.2. The van der Waals surface area contributed by atoms with Crippen LogP contribution in [0.5, 0.6) is 5.88 Å². The van der Waals surface area contributed by atoms with Gasteiger partial charge in [-0.05, 0) is 49.4 Å². The van der Waals surface area contributed by atoms with Gasteiger partial charge in [0.25, 0.3) is 0 Å². The van der Waals surface area contributed by atoms with Crippen LogP contribution in [0.2, 0.25) is 0 Å². The molecule has 1 aliphatic carbocycles. The van der Waals surface area contributed by atoms with Crippen molar-refractivity contribution >= 4 is 34.7 Å². The number of nitrogens with zero attached hydrogens (tertiary/aromatic N) is 4. The maximum atomic E-state index is 13.0. The van der Waals surface area contributed by atoms with Crippen LogP contribution in [0.1, 0.15) is 38.5 Å². The van der Waals surface area contributed by atoms with Crippen LogP contribution in [-0.2, 0) is 16.1 Å². The van der Waals surface area contributed by atoms with E-state index in [0.29, 0.717) is 43.6 Å². The molecule has 1 saturated carbocycles. The summed E-state index contributed by atoms with van der Waals surface area (Å²) in [6, 6.07) is 7.88. The predicted molar refractivity (Wildman–Crippen MR) is 122 cm³/mol. The number of pyridine rings is 1. The fraction of sp³-hybridized carbons (Fsp3) is 0.417. The number of carbonyl (C=O) groups is 2. The molecular weight excluding hydrogens is 422 g/mol. The number of fused-ring (bicyclic) bond motifs is 4. The van der Waals surface area contributed by atoms with Gasteiger partial charge in [0.15, 0.2) is 0 Å². The van der Waals surface area contributed by atoms with Gasteiger partial charge in [0.2, 0.25) is 17.7 Å². The topological polar surface area (TPSA) is 98.6 Å². The first-order chi connectivity index (χ1) is 16.2. The largest absolute Gasteiger partial charge is 0.474 e. The Morgan fingerprint density at radius 3 is 2.88 bits per heavy atom. The molecule has 0 bridgehead atoms. The van der Waals surface area contributed by atoms with E-state index in [1.165, 1.54) is 6.42 Å². The Labute approximate surface area is 190 Å². The Bertz CT molecular complexity index is 1250. The maximum Gasteiger partial charge on any atom is 0.414 e. The van der Waals surface area contributed by atoms with Gasteiger partial charge in [0.1, 0.15) is 18.4 Å². The van der Waals surface area contributed by atoms with Crippen molar-refractivity contribution in [2.45, 2.75) is 51.2 Å². The molecule has 9 nitrogen and oxygen atoms in total. The lowest BCUT2D eigenvalue weighted by molar-refractivity contribution is -0.116. The summed E-state index contributed by atoms with van der Waals surface area (Å²) in [5.41, 5.74) is 4.21. The van der Waals surface area contributed by atoms with Gasteiger partial charge in [0, 0.05) is 24.7 Å². The van der Waals surface area contributed by atoms with Gasteiger partial charge >= 0.3 is 6.09 Å². The number of benzene rings is 1. The van der Waals surface area contributed by atoms with Crippen LogP contribution in [0.15, 0.2) is 30.5 Å². The first-order valence-electron chi connectivity index (χ1n) is 11.6. The maximum absolute atomic E-state index is 13.0. The summed E-state index contributed by atoms with van der Waals surface area (Å²) in [6.07, 6.45) is 7.12. The summed E-state index contributed by atoms with van der Waals surface area (Å²) in [5, 5.41) is 2.83. The molecule has 0 spiro atoms. The third kappa shape index (κ3) is 3.67. The molecule has 2 aliphatic heterocycles. The quantitative estimate of drug-likeness (QED) is 0.635. The summed E-state index contributed by atoms with van der Waals surface area (Å²) in [5.74, 6) is 1.00. The average Bonchev–Trinajstić information content (AvgIpc) is 3.20. The Morgan fingerprint density at radius 2 is 2.00 bits per heavy atom. The van der Waals surface area contributed by atoms with Gasteiger partial charge in [-0.1, -0.05) is 12.5 Å².